The van der Waals surface area contributed by atoms with E-state index in [1.165, 1.54) is 24.8 Å². The number of fused-ring (bicyclic) bond motifs is 7. The van der Waals surface area contributed by atoms with Crippen LogP contribution in [0.3, 0.4) is 0 Å². The molecule has 2 N–H and O–H groups in total. The fraction of sp³-hybridized carbons (Fsp3) is 0.867. The van der Waals surface area contributed by atoms with Gasteiger partial charge in [-0.3, -0.25) is 9.59 Å². The summed E-state index contributed by atoms with van der Waals surface area (Å²) in [4.78, 5) is 26.7. The molecule has 0 amide bonds. The van der Waals surface area contributed by atoms with Crippen LogP contribution in [-0.2, 0) is 9.59 Å². The Labute approximate surface area is 206 Å². The van der Waals surface area contributed by atoms with Crippen molar-refractivity contribution in [3.63, 3.8) is 0 Å². The van der Waals surface area contributed by atoms with Gasteiger partial charge in [0, 0.05) is 5.92 Å². The van der Waals surface area contributed by atoms with Crippen LogP contribution in [0, 0.1) is 50.2 Å². The molecule has 190 valence electrons. The minimum absolute atomic E-state index is 0.0349. The number of rotatable bonds is 1. The summed E-state index contributed by atoms with van der Waals surface area (Å²) in [5.74, 6) is -0.592. The first-order chi connectivity index (χ1) is 15.6. The van der Waals surface area contributed by atoms with E-state index >= 15 is 0 Å². The summed E-state index contributed by atoms with van der Waals surface area (Å²) in [6.45, 7) is 16.0. The summed E-state index contributed by atoms with van der Waals surface area (Å²) in [5.41, 5.74) is 0.179. The van der Waals surface area contributed by atoms with Gasteiger partial charge in [-0.25, -0.2) is 0 Å². The number of allylic oxidation sites excluding steroid dienone is 2. The molecule has 4 saturated carbocycles. The Bertz CT molecular complexity index is 965. The number of hydrogen-bond donors (Lipinski definition) is 2. The lowest BCUT2D eigenvalue weighted by molar-refractivity contribution is -0.214. The zero-order valence-electron chi connectivity index (χ0n) is 22.5. The third-order valence-electron chi connectivity index (χ3n) is 12.9. The van der Waals surface area contributed by atoms with Crippen LogP contribution >= 0.6 is 0 Å². The predicted octanol–water partition coefficient (Wildman–Crippen LogP) is 6.41. The molecule has 0 bridgehead atoms. The molecule has 0 spiro atoms. The smallest absolute Gasteiger partial charge is 0.312 e. The summed E-state index contributed by atoms with van der Waals surface area (Å²) < 4.78 is 0. The van der Waals surface area contributed by atoms with Gasteiger partial charge in [0.1, 0.15) is 0 Å². The highest BCUT2D eigenvalue weighted by Gasteiger charge is 2.71. The first-order valence-electron chi connectivity index (χ1n) is 13.7. The summed E-state index contributed by atoms with van der Waals surface area (Å²) in [7, 11) is 0. The molecular weight excluding hydrogens is 424 g/mol. The number of aliphatic carboxylic acids is 1. The first kappa shape index (κ1) is 24.5. The van der Waals surface area contributed by atoms with Crippen molar-refractivity contribution in [3.8, 4) is 0 Å². The second kappa shape index (κ2) is 6.99. The van der Waals surface area contributed by atoms with Crippen molar-refractivity contribution in [1.82, 2.24) is 0 Å². The van der Waals surface area contributed by atoms with E-state index in [9.17, 15) is 19.8 Å². The Morgan fingerprint density at radius 3 is 2.21 bits per heavy atom. The molecule has 5 aliphatic rings. The minimum Gasteiger partial charge on any atom is -0.481 e. The summed E-state index contributed by atoms with van der Waals surface area (Å²) in [6, 6.07) is 0. The highest BCUT2D eigenvalue weighted by atomic mass is 16.4. The van der Waals surface area contributed by atoms with Gasteiger partial charge in [-0.15, -0.1) is 0 Å². The average Bonchev–Trinajstić information content (AvgIpc) is 2.73. The van der Waals surface area contributed by atoms with Crippen molar-refractivity contribution in [2.24, 2.45) is 50.2 Å². The lowest BCUT2D eigenvalue weighted by atomic mass is 9.33. The van der Waals surface area contributed by atoms with Crippen LogP contribution in [0.25, 0.3) is 0 Å². The van der Waals surface area contributed by atoms with Crippen molar-refractivity contribution in [3.05, 3.63) is 11.6 Å². The molecule has 4 heteroatoms. The van der Waals surface area contributed by atoms with Gasteiger partial charge >= 0.3 is 5.97 Å². The molecule has 0 aromatic rings. The van der Waals surface area contributed by atoms with Crippen molar-refractivity contribution in [1.29, 1.82) is 0 Å². The van der Waals surface area contributed by atoms with E-state index in [0.29, 0.717) is 17.8 Å². The van der Waals surface area contributed by atoms with Crippen LogP contribution < -0.4 is 0 Å². The zero-order valence-corrected chi connectivity index (χ0v) is 22.5. The number of carboxylic acids is 1. The van der Waals surface area contributed by atoms with Gasteiger partial charge in [-0.05, 0) is 110 Å². The Morgan fingerprint density at radius 1 is 0.912 bits per heavy atom. The highest BCUT2D eigenvalue weighted by Crippen LogP contribution is 2.75. The zero-order chi connectivity index (χ0) is 25.1. The fourth-order valence-electron chi connectivity index (χ4n) is 10.3. The number of ketones is 1. The van der Waals surface area contributed by atoms with Gasteiger partial charge in [-0.2, -0.15) is 0 Å². The third kappa shape index (κ3) is 2.81. The van der Waals surface area contributed by atoms with Gasteiger partial charge in [-0.1, -0.05) is 47.1 Å². The lowest BCUT2D eigenvalue weighted by Gasteiger charge is -2.70. The van der Waals surface area contributed by atoms with E-state index in [-0.39, 0.29) is 33.9 Å². The second-order valence-corrected chi connectivity index (χ2v) is 15.0. The number of aliphatic hydroxyl groups is 1. The van der Waals surface area contributed by atoms with Crippen LogP contribution in [0.1, 0.15) is 106 Å². The van der Waals surface area contributed by atoms with E-state index in [1.54, 1.807) is 6.92 Å². The van der Waals surface area contributed by atoms with Gasteiger partial charge < -0.3 is 10.2 Å². The molecule has 4 nitrogen and oxygen atoms in total. The van der Waals surface area contributed by atoms with E-state index in [0.717, 1.165) is 32.1 Å². The molecule has 5 aliphatic carbocycles. The van der Waals surface area contributed by atoms with Crippen LogP contribution in [-0.4, -0.2) is 28.1 Å². The van der Waals surface area contributed by atoms with Crippen LogP contribution in [0.2, 0.25) is 0 Å². The maximum atomic E-state index is 14.2. The Hall–Kier alpha value is -1.16. The van der Waals surface area contributed by atoms with E-state index < -0.39 is 22.9 Å². The van der Waals surface area contributed by atoms with Gasteiger partial charge in [0.2, 0.25) is 0 Å². The quantitative estimate of drug-likeness (QED) is 0.464. The molecule has 0 aliphatic heterocycles. The van der Waals surface area contributed by atoms with Crippen LogP contribution in [0.15, 0.2) is 11.6 Å². The van der Waals surface area contributed by atoms with E-state index in [2.05, 4.69) is 47.6 Å². The first-order valence-corrected chi connectivity index (χ1v) is 13.7. The maximum Gasteiger partial charge on any atom is 0.312 e. The van der Waals surface area contributed by atoms with Crippen molar-refractivity contribution in [2.45, 2.75) is 112 Å². The summed E-state index contributed by atoms with van der Waals surface area (Å²) in [6.07, 6.45) is 10.00. The standard InChI is InChI=1S/C30H46O4/c1-25(2)12-13-26(3)14-15-28(5)18(19(26)17-25)16-20(31)23-27(4)10-9-22(32)30(7,24(33)34)21(27)8-11-29(23,28)6/h16,19,21-23,32H,8-15,17H2,1-7H3,(H,33,34)/t19-,21+,22-,23+,26+,27-,28+,29+,30+/m0/s1. The minimum atomic E-state index is -1.20. The second-order valence-electron chi connectivity index (χ2n) is 15.0. The SMILES string of the molecule is CC1(C)CC[C@]2(C)CC[C@]3(C)C(=CC(=O)[C@@H]4[C@@]5(C)CC[C@H](O)[C@](C)(C(=O)O)[C@@H]5CC[C@]43C)[C@@H]2C1. The van der Waals surface area contributed by atoms with Crippen molar-refractivity contribution >= 4 is 11.8 Å². The summed E-state index contributed by atoms with van der Waals surface area (Å²) >= 11 is 0. The molecule has 9 atom stereocenters. The van der Waals surface area contributed by atoms with E-state index in [1.807, 2.05) is 0 Å². The Balaban J connectivity index is 1.64. The van der Waals surface area contributed by atoms with Crippen molar-refractivity contribution < 1.29 is 19.8 Å². The number of aliphatic hydroxyl groups excluding tert-OH is 1. The monoisotopic (exact) mass is 470 g/mol. The fourth-order valence-corrected chi connectivity index (χ4v) is 10.3. The van der Waals surface area contributed by atoms with Gasteiger partial charge in [0.05, 0.1) is 11.5 Å². The highest BCUT2D eigenvalue weighted by molar-refractivity contribution is 5.96. The lowest BCUT2D eigenvalue weighted by Crippen LogP contribution is -2.67. The largest absolute Gasteiger partial charge is 0.481 e. The molecule has 4 fully saturated rings. The third-order valence-corrected chi connectivity index (χ3v) is 12.9. The molecule has 34 heavy (non-hydrogen) atoms. The number of hydrogen-bond acceptors (Lipinski definition) is 3. The predicted molar refractivity (Wildman–Crippen MR) is 133 cm³/mol. The Kier molecular flexibility index (Phi) is 5.04. The molecule has 0 radical (unpaired) electrons. The molecule has 0 unspecified atom stereocenters. The molecule has 0 aromatic carbocycles. The number of carbonyl (C=O) groups is 2. The Morgan fingerprint density at radius 2 is 1.56 bits per heavy atom. The van der Waals surface area contributed by atoms with Crippen molar-refractivity contribution in [2.75, 3.05) is 0 Å². The number of carboxylic acid groups (broad SMARTS) is 1. The normalized spacial score (nSPS) is 54.1. The van der Waals surface area contributed by atoms with Crippen LogP contribution in [0.4, 0.5) is 0 Å². The molecule has 5 rings (SSSR count). The maximum absolute atomic E-state index is 14.2. The number of carbonyl (C=O) groups excluding carboxylic acids is 1. The summed E-state index contributed by atoms with van der Waals surface area (Å²) in [5, 5.41) is 21.1. The molecule has 0 aromatic heterocycles. The topological polar surface area (TPSA) is 74.6 Å². The molecule has 0 saturated heterocycles. The van der Waals surface area contributed by atoms with Crippen LogP contribution in [0.5, 0.6) is 0 Å². The molecular formula is C30H46O4. The van der Waals surface area contributed by atoms with E-state index in [4.69, 9.17) is 0 Å². The molecule has 0 heterocycles. The van der Waals surface area contributed by atoms with Gasteiger partial charge in [0.15, 0.2) is 5.78 Å². The van der Waals surface area contributed by atoms with Gasteiger partial charge in [0.25, 0.3) is 0 Å². The average molecular weight is 471 g/mol.